The molecule has 2 aromatic carbocycles. The lowest BCUT2D eigenvalue weighted by molar-refractivity contribution is -0.384. The van der Waals surface area contributed by atoms with Crippen molar-refractivity contribution >= 4 is 28.6 Å². The molecule has 2 heterocycles. The van der Waals surface area contributed by atoms with E-state index in [1.807, 2.05) is 12.1 Å². The number of rotatable bonds is 4. The van der Waals surface area contributed by atoms with Gasteiger partial charge < -0.3 is 14.2 Å². The summed E-state index contributed by atoms with van der Waals surface area (Å²) in [6.45, 7) is 5.58. The van der Waals surface area contributed by atoms with Gasteiger partial charge in [0.25, 0.3) is 5.69 Å². The van der Waals surface area contributed by atoms with Crippen LogP contribution < -0.4 is 4.90 Å². The zero-order chi connectivity index (χ0) is 20.4. The molecule has 0 bridgehead atoms. The highest BCUT2D eigenvalue weighted by atomic mass is 32.1. The minimum Gasteiger partial charge on any atom is -0.454 e. The van der Waals surface area contributed by atoms with E-state index in [0.717, 1.165) is 31.7 Å². The Morgan fingerprint density at radius 3 is 2.41 bits per heavy atom. The lowest BCUT2D eigenvalue weighted by Gasteiger charge is -2.37. The van der Waals surface area contributed by atoms with Gasteiger partial charge in [0.1, 0.15) is 10.7 Å². The molecule has 3 aromatic rings. The molecule has 0 saturated carbocycles. The van der Waals surface area contributed by atoms with Crippen molar-refractivity contribution in [2.45, 2.75) is 6.92 Å². The van der Waals surface area contributed by atoms with Crippen molar-refractivity contribution < 1.29 is 9.34 Å². The Morgan fingerprint density at radius 1 is 1.03 bits per heavy atom. The monoisotopic (exact) mass is 407 g/mol. The summed E-state index contributed by atoms with van der Waals surface area (Å²) in [6.07, 6.45) is 0. The summed E-state index contributed by atoms with van der Waals surface area (Å²) in [5.74, 6) is 1.30. The first-order chi connectivity index (χ1) is 14.0. The fourth-order valence-electron chi connectivity index (χ4n) is 3.50. The molecular weight excluding hydrogens is 386 g/mol. The number of piperazine rings is 1. The van der Waals surface area contributed by atoms with Crippen LogP contribution in [0.25, 0.3) is 11.3 Å². The summed E-state index contributed by atoms with van der Waals surface area (Å²) >= 11 is 5.66. The molecule has 1 fully saturated rings. The number of benzene rings is 2. The van der Waals surface area contributed by atoms with E-state index >= 15 is 0 Å². The second-order valence-corrected chi connectivity index (χ2v) is 7.47. The summed E-state index contributed by atoms with van der Waals surface area (Å²) in [4.78, 5) is 15.6. The van der Waals surface area contributed by atoms with Crippen LogP contribution in [0.1, 0.15) is 11.3 Å². The Hall–Kier alpha value is -3.19. The summed E-state index contributed by atoms with van der Waals surface area (Å²) in [5, 5.41) is 10.8. The van der Waals surface area contributed by atoms with Gasteiger partial charge in [0.05, 0.1) is 4.92 Å². The highest BCUT2D eigenvalue weighted by Crippen LogP contribution is 2.26. The maximum atomic E-state index is 10.8. The number of nitro groups is 1. The fourth-order valence-corrected chi connectivity index (χ4v) is 3.80. The molecule has 0 atom stereocenters. The van der Waals surface area contributed by atoms with Gasteiger partial charge >= 0.3 is 0 Å². The third-order valence-electron chi connectivity index (χ3n) is 5.11. The molecule has 1 aliphatic rings. The number of aryl methyl sites for hydroxylation is 1. The van der Waals surface area contributed by atoms with Crippen molar-refractivity contribution in [3.05, 3.63) is 82.1 Å². The third kappa shape index (κ3) is 4.14. The molecule has 29 heavy (non-hydrogen) atoms. The first-order valence-corrected chi connectivity index (χ1v) is 9.87. The van der Waals surface area contributed by atoms with Crippen LogP contribution in [0.3, 0.4) is 0 Å². The number of hydrogen-bond acceptors (Lipinski definition) is 5. The van der Waals surface area contributed by atoms with Gasteiger partial charge in [0, 0.05) is 49.6 Å². The zero-order valence-electron chi connectivity index (χ0n) is 16.1. The van der Waals surface area contributed by atoms with E-state index in [9.17, 15) is 10.1 Å². The van der Waals surface area contributed by atoms with Gasteiger partial charge in [0.2, 0.25) is 0 Å². The summed E-state index contributed by atoms with van der Waals surface area (Å²) in [6, 6.07) is 18.6. The van der Waals surface area contributed by atoms with E-state index in [1.165, 1.54) is 23.4 Å². The van der Waals surface area contributed by atoms with Crippen molar-refractivity contribution in [2.75, 3.05) is 31.1 Å². The van der Waals surface area contributed by atoms with Gasteiger partial charge in [-0.1, -0.05) is 24.4 Å². The quantitative estimate of drug-likeness (QED) is 0.356. The van der Waals surface area contributed by atoms with Crippen LogP contribution in [0.2, 0.25) is 0 Å². The van der Waals surface area contributed by atoms with Crippen LogP contribution in [0.4, 0.5) is 11.4 Å². The van der Waals surface area contributed by atoms with Crippen LogP contribution in [0, 0.1) is 17.0 Å². The molecule has 0 N–H and O–H groups in total. The lowest BCUT2D eigenvalue weighted by Crippen LogP contribution is -2.48. The predicted molar refractivity (Wildman–Crippen MR) is 117 cm³/mol. The smallest absolute Gasteiger partial charge is 0.269 e. The number of furan rings is 1. The predicted octanol–water partition coefficient (Wildman–Crippen LogP) is 4.66. The van der Waals surface area contributed by atoms with Gasteiger partial charge in [-0.3, -0.25) is 10.1 Å². The summed E-state index contributed by atoms with van der Waals surface area (Å²) < 4.78 is 5.95. The molecule has 0 amide bonds. The maximum Gasteiger partial charge on any atom is 0.269 e. The van der Waals surface area contributed by atoms with Crippen LogP contribution in [-0.4, -0.2) is 41.0 Å². The highest BCUT2D eigenvalue weighted by molar-refractivity contribution is 7.80. The van der Waals surface area contributed by atoms with Crippen LogP contribution >= 0.6 is 12.2 Å². The van der Waals surface area contributed by atoms with Gasteiger partial charge in [-0.15, -0.1) is 0 Å². The molecular formula is C22H21N3O3S. The molecule has 1 aromatic heterocycles. The van der Waals surface area contributed by atoms with E-state index in [1.54, 1.807) is 12.1 Å². The number of non-ortho nitro benzene ring substituents is 1. The number of hydrogen-bond donors (Lipinski definition) is 0. The first kappa shape index (κ1) is 19.1. The molecule has 4 rings (SSSR count). The normalized spacial score (nSPS) is 14.1. The second kappa shape index (κ2) is 8.05. The van der Waals surface area contributed by atoms with Crippen LogP contribution in [0.5, 0.6) is 0 Å². The van der Waals surface area contributed by atoms with Gasteiger partial charge in [-0.25, -0.2) is 0 Å². The van der Waals surface area contributed by atoms with Crippen molar-refractivity contribution in [1.29, 1.82) is 0 Å². The second-order valence-electron chi connectivity index (χ2n) is 7.09. The minimum absolute atomic E-state index is 0.0579. The summed E-state index contributed by atoms with van der Waals surface area (Å²) in [7, 11) is 0. The molecule has 0 unspecified atom stereocenters. The first-order valence-electron chi connectivity index (χ1n) is 9.47. The van der Waals surface area contributed by atoms with Crippen molar-refractivity contribution in [1.82, 2.24) is 4.90 Å². The fraction of sp³-hybridized carbons (Fsp3) is 0.227. The molecule has 1 aliphatic heterocycles. The van der Waals surface area contributed by atoms with Crippen molar-refractivity contribution in [2.24, 2.45) is 0 Å². The van der Waals surface area contributed by atoms with Crippen LogP contribution in [0.15, 0.2) is 65.1 Å². The largest absolute Gasteiger partial charge is 0.454 e. The van der Waals surface area contributed by atoms with Crippen LogP contribution in [-0.2, 0) is 0 Å². The number of nitrogens with zero attached hydrogens (tertiary/aromatic N) is 3. The molecule has 148 valence electrons. The molecule has 0 spiro atoms. The Balaban J connectivity index is 1.41. The zero-order valence-corrected chi connectivity index (χ0v) is 16.9. The SMILES string of the molecule is Cc1cccc(N2CCN(C(=S)c3ccc(-c4ccc([N+](=O)[O-])cc4)o3)CC2)c1. The average molecular weight is 407 g/mol. The molecule has 0 radical (unpaired) electrons. The number of thiocarbonyl (C=S) groups is 1. The number of nitro benzene ring substituents is 1. The van der Waals surface area contributed by atoms with Crippen molar-refractivity contribution in [3.63, 3.8) is 0 Å². The Kier molecular flexibility index (Phi) is 5.31. The molecule has 0 aliphatic carbocycles. The van der Waals surface area contributed by atoms with E-state index < -0.39 is 4.92 Å². The molecule has 6 nitrogen and oxygen atoms in total. The number of anilines is 1. The Bertz CT molecular complexity index is 1040. The van der Waals surface area contributed by atoms with Gasteiger partial charge in [-0.05, 0) is 48.9 Å². The Morgan fingerprint density at radius 2 is 1.76 bits per heavy atom. The molecule has 7 heteroatoms. The minimum atomic E-state index is -0.414. The van der Waals surface area contributed by atoms with E-state index in [-0.39, 0.29) is 5.69 Å². The standard InChI is InChI=1S/C22H21N3O3S/c1-16-3-2-4-19(15-16)23-11-13-24(14-12-23)22(29)21-10-9-20(28-21)17-5-7-18(8-6-17)25(26)27/h2-10,15H,11-14H2,1H3. The maximum absolute atomic E-state index is 10.8. The van der Waals surface area contributed by atoms with Crippen molar-refractivity contribution in [3.8, 4) is 11.3 Å². The van der Waals surface area contributed by atoms with E-state index in [0.29, 0.717) is 16.5 Å². The average Bonchev–Trinajstić information content (AvgIpc) is 3.24. The van der Waals surface area contributed by atoms with Gasteiger partial charge in [0.15, 0.2) is 5.76 Å². The van der Waals surface area contributed by atoms with Gasteiger partial charge in [-0.2, -0.15) is 0 Å². The molecule has 1 saturated heterocycles. The van der Waals surface area contributed by atoms with E-state index in [2.05, 4.69) is 41.0 Å². The van der Waals surface area contributed by atoms with E-state index in [4.69, 9.17) is 16.6 Å². The topological polar surface area (TPSA) is 62.8 Å². The summed E-state index contributed by atoms with van der Waals surface area (Å²) in [5.41, 5.74) is 3.35. The Labute approximate surface area is 174 Å². The third-order valence-corrected chi connectivity index (χ3v) is 5.57. The lowest BCUT2D eigenvalue weighted by atomic mass is 10.1. The highest BCUT2D eigenvalue weighted by Gasteiger charge is 2.22.